The Balaban J connectivity index is 2.10. The van der Waals surface area contributed by atoms with E-state index >= 15 is 0 Å². The van der Waals surface area contributed by atoms with Crippen LogP contribution in [0.4, 0.5) is 0 Å². The molecule has 2 heterocycles. The average Bonchev–Trinajstić information content (AvgIpc) is 3.12. The van der Waals surface area contributed by atoms with E-state index in [1.807, 2.05) is 0 Å². The van der Waals surface area contributed by atoms with E-state index in [-0.39, 0.29) is 16.2 Å². The molecular weight excluding hydrogens is 378 g/mol. The van der Waals surface area contributed by atoms with Crippen LogP contribution < -0.4 is 0 Å². The predicted molar refractivity (Wildman–Crippen MR) is 123 cm³/mol. The first-order valence-electron chi connectivity index (χ1n) is 10.9. The smallest absolute Gasteiger partial charge is 0.123 e. The van der Waals surface area contributed by atoms with Gasteiger partial charge in [-0.1, -0.05) is 54.9 Å². The van der Waals surface area contributed by atoms with Crippen molar-refractivity contribution in [3.63, 3.8) is 0 Å². The van der Waals surface area contributed by atoms with E-state index in [0.717, 1.165) is 54.9 Å². The monoisotopic (exact) mass is 415 g/mol. The summed E-state index contributed by atoms with van der Waals surface area (Å²) in [4.78, 5) is 5.15. The maximum Gasteiger partial charge on any atom is 0.123 e. The molecule has 0 spiro atoms. The second-order valence-electron chi connectivity index (χ2n) is 10.6. The van der Waals surface area contributed by atoms with Gasteiger partial charge in [-0.05, 0) is 42.2 Å². The molecule has 0 bridgehead atoms. The third kappa shape index (κ3) is 4.54. The van der Waals surface area contributed by atoms with Crippen LogP contribution in [0.5, 0.6) is 5.75 Å². The Morgan fingerprint density at radius 2 is 1.59 bits per heavy atom. The SMILES string of the molecule is CCCC1(c2nc(-c3cc(C(C)(C)C)c(O)c(C(C)(C)C)c3)cs2)CCOCC1. The van der Waals surface area contributed by atoms with Crippen LogP contribution in [-0.2, 0) is 21.0 Å². The number of benzene rings is 1. The molecule has 0 saturated carbocycles. The molecule has 0 unspecified atom stereocenters. The summed E-state index contributed by atoms with van der Waals surface area (Å²) in [6, 6.07) is 4.28. The summed E-state index contributed by atoms with van der Waals surface area (Å²) in [5.41, 5.74) is 4.01. The molecule has 1 aromatic carbocycles. The molecule has 0 amide bonds. The Bertz CT molecular complexity index is 808. The zero-order valence-electron chi connectivity index (χ0n) is 19.2. The number of rotatable bonds is 4. The highest BCUT2D eigenvalue weighted by molar-refractivity contribution is 7.10. The van der Waals surface area contributed by atoms with Gasteiger partial charge in [-0.15, -0.1) is 11.3 Å². The lowest BCUT2D eigenvalue weighted by Crippen LogP contribution is -2.33. The van der Waals surface area contributed by atoms with E-state index in [2.05, 4.69) is 66.0 Å². The molecule has 1 aromatic heterocycles. The van der Waals surface area contributed by atoms with Gasteiger partial charge in [0.25, 0.3) is 0 Å². The van der Waals surface area contributed by atoms with E-state index in [1.165, 1.54) is 11.4 Å². The van der Waals surface area contributed by atoms with E-state index in [0.29, 0.717) is 5.75 Å². The van der Waals surface area contributed by atoms with Crippen LogP contribution in [-0.4, -0.2) is 23.3 Å². The minimum absolute atomic E-state index is 0.136. The van der Waals surface area contributed by atoms with Gasteiger partial charge in [-0.2, -0.15) is 0 Å². The highest BCUT2D eigenvalue weighted by atomic mass is 32.1. The lowest BCUT2D eigenvalue weighted by molar-refractivity contribution is 0.0464. The molecule has 3 rings (SSSR count). The number of hydrogen-bond acceptors (Lipinski definition) is 4. The summed E-state index contributed by atoms with van der Waals surface area (Å²) >= 11 is 1.79. The highest BCUT2D eigenvalue weighted by Gasteiger charge is 2.36. The van der Waals surface area contributed by atoms with Crippen LogP contribution in [0.15, 0.2) is 17.5 Å². The lowest BCUT2D eigenvalue weighted by Gasteiger charge is -2.35. The number of phenolic OH excluding ortho intramolecular Hbond substituents is 1. The van der Waals surface area contributed by atoms with Gasteiger partial charge >= 0.3 is 0 Å². The van der Waals surface area contributed by atoms with E-state index in [9.17, 15) is 5.11 Å². The fourth-order valence-corrected chi connectivity index (χ4v) is 5.51. The normalized spacial score (nSPS) is 17.5. The fraction of sp³-hybridized carbons (Fsp3) is 0.640. The van der Waals surface area contributed by atoms with Crippen LogP contribution in [0.25, 0.3) is 11.3 Å². The van der Waals surface area contributed by atoms with Crippen molar-refractivity contribution in [2.45, 2.75) is 90.4 Å². The minimum atomic E-state index is -0.136. The third-order valence-electron chi connectivity index (χ3n) is 6.16. The predicted octanol–water partition coefficient (Wildman–Crippen LogP) is 6.96. The number of nitrogens with zero attached hydrogens (tertiary/aromatic N) is 1. The second-order valence-corrected chi connectivity index (χ2v) is 11.5. The highest BCUT2D eigenvalue weighted by Crippen LogP contribution is 2.44. The van der Waals surface area contributed by atoms with E-state index in [4.69, 9.17) is 9.72 Å². The van der Waals surface area contributed by atoms with Gasteiger partial charge in [0.1, 0.15) is 5.75 Å². The molecule has 0 atom stereocenters. The Morgan fingerprint density at radius 3 is 2.07 bits per heavy atom. The lowest BCUT2D eigenvalue weighted by atomic mass is 9.77. The Hall–Kier alpha value is -1.39. The maximum absolute atomic E-state index is 11.0. The molecule has 0 radical (unpaired) electrons. The van der Waals surface area contributed by atoms with Gasteiger partial charge in [-0.25, -0.2) is 4.98 Å². The van der Waals surface area contributed by atoms with Crippen molar-refractivity contribution in [1.29, 1.82) is 0 Å². The van der Waals surface area contributed by atoms with Crippen molar-refractivity contribution >= 4 is 11.3 Å². The van der Waals surface area contributed by atoms with Crippen LogP contribution in [0, 0.1) is 0 Å². The number of phenols is 1. The third-order valence-corrected chi connectivity index (χ3v) is 7.25. The molecule has 4 heteroatoms. The molecule has 1 fully saturated rings. The van der Waals surface area contributed by atoms with Crippen molar-refractivity contribution in [3.8, 4) is 17.0 Å². The zero-order valence-corrected chi connectivity index (χ0v) is 20.0. The Kier molecular flexibility index (Phi) is 6.18. The Morgan fingerprint density at radius 1 is 1.03 bits per heavy atom. The average molecular weight is 416 g/mol. The van der Waals surface area contributed by atoms with Crippen LogP contribution >= 0.6 is 11.3 Å². The van der Waals surface area contributed by atoms with Crippen LogP contribution in [0.1, 0.15) is 90.3 Å². The summed E-state index contributed by atoms with van der Waals surface area (Å²) in [6.45, 7) is 16.9. The molecule has 1 N–H and O–H groups in total. The molecule has 2 aromatic rings. The molecule has 1 saturated heterocycles. The Labute approximate surface area is 180 Å². The van der Waals surface area contributed by atoms with Gasteiger partial charge in [0.05, 0.1) is 10.7 Å². The van der Waals surface area contributed by atoms with E-state index < -0.39 is 0 Å². The number of ether oxygens (including phenoxy) is 1. The van der Waals surface area contributed by atoms with Crippen molar-refractivity contribution in [2.24, 2.45) is 0 Å². The number of hydrogen-bond donors (Lipinski definition) is 1. The van der Waals surface area contributed by atoms with Gasteiger partial charge < -0.3 is 9.84 Å². The second kappa shape index (κ2) is 8.03. The summed E-state index contributed by atoms with van der Waals surface area (Å²) in [7, 11) is 0. The summed E-state index contributed by atoms with van der Waals surface area (Å²) in [6.07, 6.45) is 4.45. The van der Waals surface area contributed by atoms with Crippen molar-refractivity contribution in [2.75, 3.05) is 13.2 Å². The van der Waals surface area contributed by atoms with Gasteiger partial charge in [-0.3, -0.25) is 0 Å². The molecule has 1 aliphatic heterocycles. The van der Waals surface area contributed by atoms with Crippen molar-refractivity contribution in [1.82, 2.24) is 4.98 Å². The minimum Gasteiger partial charge on any atom is -0.507 e. The molecular formula is C25H37NO2S. The first-order valence-corrected chi connectivity index (χ1v) is 11.8. The van der Waals surface area contributed by atoms with Gasteiger partial charge in [0.2, 0.25) is 0 Å². The molecule has 160 valence electrons. The maximum atomic E-state index is 11.0. The topological polar surface area (TPSA) is 42.4 Å². The molecule has 1 aliphatic rings. The molecule has 3 nitrogen and oxygen atoms in total. The summed E-state index contributed by atoms with van der Waals surface area (Å²) < 4.78 is 5.65. The standard InChI is InChI=1S/C25H37NO2S/c1-8-9-25(10-12-28-13-11-25)22-26-20(16-29-22)17-14-18(23(2,3)4)21(27)19(15-17)24(5,6)7/h14-16,27H,8-13H2,1-7H3. The molecule has 0 aliphatic carbocycles. The van der Waals surface area contributed by atoms with Crippen molar-refractivity contribution < 1.29 is 9.84 Å². The number of thiazole rings is 1. The van der Waals surface area contributed by atoms with Crippen LogP contribution in [0.3, 0.4) is 0 Å². The fourth-order valence-electron chi connectivity index (χ4n) is 4.39. The quantitative estimate of drug-likeness (QED) is 0.587. The largest absolute Gasteiger partial charge is 0.507 e. The van der Waals surface area contributed by atoms with Gasteiger partial charge in [0, 0.05) is 40.7 Å². The van der Waals surface area contributed by atoms with Gasteiger partial charge in [0.15, 0.2) is 0 Å². The number of aromatic hydroxyl groups is 1. The first-order chi connectivity index (χ1) is 13.5. The zero-order chi connectivity index (χ0) is 21.4. The summed E-state index contributed by atoms with van der Waals surface area (Å²) in [5, 5.41) is 14.5. The van der Waals surface area contributed by atoms with Crippen molar-refractivity contribution in [3.05, 3.63) is 33.6 Å². The van der Waals surface area contributed by atoms with E-state index in [1.54, 1.807) is 11.3 Å². The van der Waals surface area contributed by atoms with Crippen LogP contribution in [0.2, 0.25) is 0 Å². The summed E-state index contributed by atoms with van der Waals surface area (Å²) in [5.74, 6) is 0.427. The number of aromatic nitrogens is 1. The first kappa shape index (κ1) is 22.3. The molecule has 29 heavy (non-hydrogen) atoms.